The first-order valence-corrected chi connectivity index (χ1v) is 8.08. The molecule has 7 heteroatoms. The van der Waals surface area contributed by atoms with Gasteiger partial charge in [-0.1, -0.05) is 6.07 Å². The normalized spacial score (nSPS) is 11.3. The number of hydrogen-bond acceptors (Lipinski definition) is 4. The predicted molar refractivity (Wildman–Crippen MR) is 78.0 cm³/mol. The highest BCUT2D eigenvalue weighted by molar-refractivity contribution is 7.92. The number of nitrogens with one attached hydrogen (secondary N) is 1. The fraction of sp³-hybridized carbons (Fsp3) is 0.154. The van der Waals surface area contributed by atoms with Gasteiger partial charge in [0.25, 0.3) is 10.0 Å². The van der Waals surface area contributed by atoms with Crippen molar-refractivity contribution in [2.45, 2.75) is 18.7 Å². The second kappa shape index (κ2) is 5.26. The molecule has 0 aliphatic rings. The number of thiophene rings is 1. The second-order valence-electron chi connectivity index (χ2n) is 4.36. The number of anilines is 1. The van der Waals surface area contributed by atoms with Crippen molar-refractivity contribution in [2.24, 2.45) is 0 Å². The lowest BCUT2D eigenvalue weighted by Gasteiger charge is -2.08. The molecule has 1 aromatic heterocycles. The number of carboxylic acids is 1. The van der Waals surface area contributed by atoms with E-state index >= 15 is 0 Å². The van der Waals surface area contributed by atoms with E-state index < -0.39 is 16.0 Å². The smallest absolute Gasteiger partial charge is 0.345 e. The molecule has 0 atom stereocenters. The van der Waals surface area contributed by atoms with Crippen LogP contribution >= 0.6 is 11.3 Å². The van der Waals surface area contributed by atoms with Gasteiger partial charge < -0.3 is 5.11 Å². The molecule has 0 fully saturated rings. The van der Waals surface area contributed by atoms with Crippen molar-refractivity contribution in [2.75, 3.05) is 4.72 Å². The van der Waals surface area contributed by atoms with Gasteiger partial charge in [-0.3, -0.25) is 4.72 Å². The molecule has 0 spiro atoms. The quantitative estimate of drug-likeness (QED) is 0.909. The van der Waals surface area contributed by atoms with Gasteiger partial charge in [0.15, 0.2) is 0 Å². The molecular formula is C13H13NO4S2. The Morgan fingerprint density at radius 2 is 1.90 bits per heavy atom. The van der Waals surface area contributed by atoms with Gasteiger partial charge in [0.05, 0.1) is 4.90 Å². The molecule has 0 bridgehead atoms. The van der Waals surface area contributed by atoms with Gasteiger partial charge in [-0.25, -0.2) is 13.2 Å². The van der Waals surface area contributed by atoms with Crippen LogP contribution in [0.15, 0.2) is 34.5 Å². The van der Waals surface area contributed by atoms with E-state index in [9.17, 15) is 13.2 Å². The lowest BCUT2D eigenvalue weighted by Crippen LogP contribution is -2.12. The minimum atomic E-state index is -3.76. The number of carbonyl (C=O) groups is 1. The third-order valence-corrected chi connectivity index (χ3v) is 5.28. The van der Waals surface area contributed by atoms with E-state index in [2.05, 4.69) is 4.72 Å². The Bertz CT molecular complexity index is 762. The number of aryl methyl sites for hydroxylation is 2. The summed E-state index contributed by atoms with van der Waals surface area (Å²) < 4.78 is 26.7. The molecule has 0 aliphatic heterocycles. The Hall–Kier alpha value is -1.86. The molecule has 5 nitrogen and oxygen atoms in total. The Morgan fingerprint density at radius 3 is 2.45 bits per heavy atom. The van der Waals surface area contributed by atoms with Crippen molar-refractivity contribution >= 4 is 33.0 Å². The van der Waals surface area contributed by atoms with Crippen LogP contribution in [0.1, 0.15) is 20.8 Å². The van der Waals surface area contributed by atoms with Gasteiger partial charge in [-0.15, -0.1) is 11.3 Å². The third kappa shape index (κ3) is 3.00. The lowest BCUT2D eigenvalue weighted by molar-refractivity contribution is 0.0702. The molecule has 1 heterocycles. The molecule has 2 N–H and O–H groups in total. The molecule has 2 aromatic rings. The summed E-state index contributed by atoms with van der Waals surface area (Å²) in [6, 6.07) is 6.38. The Kier molecular flexibility index (Phi) is 3.82. The maximum absolute atomic E-state index is 12.1. The van der Waals surface area contributed by atoms with Crippen molar-refractivity contribution in [1.29, 1.82) is 0 Å². The maximum Gasteiger partial charge on any atom is 0.345 e. The first-order valence-electron chi connectivity index (χ1n) is 5.71. The van der Waals surface area contributed by atoms with E-state index in [4.69, 9.17) is 5.11 Å². The zero-order valence-corrected chi connectivity index (χ0v) is 12.5. The second-order valence-corrected chi connectivity index (χ2v) is 6.95. The van der Waals surface area contributed by atoms with Crippen molar-refractivity contribution in [3.05, 3.63) is 45.6 Å². The standard InChI is InChI=1S/C13H13NO4S2/c1-8-3-4-10(5-9(8)2)14-20(17,18)11-6-12(13(15)16)19-7-11/h3-7,14H,1-2H3,(H,15,16). The first-order chi connectivity index (χ1) is 9.29. The number of hydrogen-bond donors (Lipinski definition) is 2. The highest BCUT2D eigenvalue weighted by Crippen LogP contribution is 2.23. The number of carboxylic acid groups (broad SMARTS) is 1. The minimum Gasteiger partial charge on any atom is -0.477 e. The first kappa shape index (κ1) is 14.5. The van der Waals surface area contributed by atoms with Crippen LogP contribution in [0.3, 0.4) is 0 Å². The number of sulfonamides is 1. The van der Waals surface area contributed by atoms with Gasteiger partial charge in [0, 0.05) is 11.1 Å². The molecule has 20 heavy (non-hydrogen) atoms. The lowest BCUT2D eigenvalue weighted by atomic mass is 10.1. The summed E-state index contributed by atoms with van der Waals surface area (Å²) in [7, 11) is -3.76. The van der Waals surface area contributed by atoms with E-state index in [0.29, 0.717) is 5.69 Å². The molecule has 106 valence electrons. The fourth-order valence-electron chi connectivity index (χ4n) is 1.59. The highest BCUT2D eigenvalue weighted by Gasteiger charge is 2.18. The molecule has 1 aromatic carbocycles. The summed E-state index contributed by atoms with van der Waals surface area (Å²) in [6.45, 7) is 3.83. The summed E-state index contributed by atoms with van der Waals surface area (Å²) in [5.41, 5.74) is 2.49. The topological polar surface area (TPSA) is 83.5 Å². The molecule has 2 rings (SSSR count). The van der Waals surface area contributed by atoms with E-state index in [1.807, 2.05) is 19.9 Å². The zero-order chi connectivity index (χ0) is 14.9. The largest absolute Gasteiger partial charge is 0.477 e. The molecule has 0 radical (unpaired) electrons. The number of benzene rings is 1. The summed E-state index contributed by atoms with van der Waals surface area (Å²) >= 11 is 0.882. The summed E-state index contributed by atoms with van der Waals surface area (Å²) in [5.74, 6) is -1.14. The van der Waals surface area contributed by atoms with Gasteiger partial charge in [0.2, 0.25) is 0 Å². The molecule has 0 aliphatic carbocycles. The van der Waals surface area contributed by atoms with E-state index in [1.165, 1.54) is 5.38 Å². The van der Waals surface area contributed by atoms with Gasteiger partial charge in [-0.2, -0.15) is 0 Å². The Morgan fingerprint density at radius 1 is 1.20 bits per heavy atom. The van der Waals surface area contributed by atoms with Crippen LogP contribution in [0.4, 0.5) is 5.69 Å². The molecule has 0 unspecified atom stereocenters. The van der Waals surface area contributed by atoms with Crippen molar-refractivity contribution < 1.29 is 18.3 Å². The van der Waals surface area contributed by atoms with Crippen molar-refractivity contribution in [3.8, 4) is 0 Å². The molecule has 0 amide bonds. The van der Waals surface area contributed by atoms with Crippen LogP contribution in [0, 0.1) is 13.8 Å². The van der Waals surface area contributed by atoms with Gasteiger partial charge in [0.1, 0.15) is 4.88 Å². The van der Waals surface area contributed by atoms with Crippen LogP contribution in [0.25, 0.3) is 0 Å². The summed E-state index contributed by atoms with van der Waals surface area (Å²) in [6.07, 6.45) is 0. The average molecular weight is 311 g/mol. The highest BCUT2D eigenvalue weighted by atomic mass is 32.2. The van der Waals surface area contributed by atoms with Crippen LogP contribution in [0.5, 0.6) is 0 Å². The molecule has 0 saturated carbocycles. The summed E-state index contributed by atoms with van der Waals surface area (Å²) in [4.78, 5) is 10.7. The Balaban J connectivity index is 2.30. The monoisotopic (exact) mass is 311 g/mol. The Labute approximate surface area is 120 Å². The minimum absolute atomic E-state index is 0.00883. The van der Waals surface area contributed by atoms with E-state index in [0.717, 1.165) is 28.5 Å². The van der Waals surface area contributed by atoms with E-state index in [1.54, 1.807) is 12.1 Å². The number of aromatic carboxylic acids is 1. The zero-order valence-electron chi connectivity index (χ0n) is 10.9. The van der Waals surface area contributed by atoms with Crippen molar-refractivity contribution in [1.82, 2.24) is 0 Å². The predicted octanol–water partition coefficient (Wildman–Crippen LogP) is 2.86. The average Bonchev–Trinajstić information content (AvgIpc) is 2.84. The van der Waals surface area contributed by atoms with Crippen LogP contribution in [-0.2, 0) is 10.0 Å². The van der Waals surface area contributed by atoms with Crippen LogP contribution < -0.4 is 4.72 Å². The molecular weight excluding hydrogens is 298 g/mol. The number of rotatable bonds is 4. The third-order valence-electron chi connectivity index (χ3n) is 2.86. The maximum atomic E-state index is 12.1. The van der Waals surface area contributed by atoms with Crippen LogP contribution in [0.2, 0.25) is 0 Å². The fourth-order valence-corrected chi connectivity index (χ4v) is 3.75. The van der Waals surface area contributed by atoms with E-state index in [-0.39, 0.29) is 9.77 Å². The SMILES string of the molecule is Cc1ccc(NS(=O)(=O)c2csc(C(=O)O)c2)cc1C. The van der Waals surface area contributed by atoms with Crippen molar-refractivity contribution in [3.63, 3.8) is 0 Å². The van der Waals surface area contributed by atoms with Crippen LogP contribution in [-0.4, -0.2) is 19.5 Å². The van der Waals surface area contributed by atoms with Gasteiger partial charge in [-0.05, 0) is 43.2 Å². The summed E-state index contributed by atoms with van der Waals surface area (Å²) in [5, 5.41) is 10.1. The van der Waals surface area contributed by atoms with Gasteiger partial charge >= 0.3 is 5.97 Å². The molecule has 0 saturated heterocycles.